The summed E-state index contributed by atoms with van der Waals surface area (Å²) in [6, 6.07) is 14.6. The molecule has 0 N–H and O–H groups in total. The monoisotopic (exact) mass is 407 g/mol. The molecule has 0 saturated carbocycles. The number of amides is 1. The van der Waals surface area contributed by atoms with Crippen molar-refractivity contribution in [1.29, 1.82) is 5.26 Å². The molecule has 29 heavy (non-hydrogen) atoms. The van der Waals surface area contributed by atoms with Crippen LogP contribution in [0.5, 0.6) is 5.75 Å². The van der Waals surface area contributed by atoms with E-state index in [1.165, 1.54) is 11.3 Å². The molecule has 6 nitrogen and oxygen atoms in total. The van der Waals surface area contributed by atoms with Crippen LogP contribution in [0.3, 0.4) is 0 Å². The van der Waals surface area contributed by atoms with Crippen molar-refractivity contribution in [1.82, 2.24) is 4.98 Å². The van der Waals surface area contributed by atoms with E-state index >= 15 is 0 Å². The van der Waals surface area contributed by atoms with Crippen molar-refractivity contribution in [2.24, 2.45) is 0 Å². The molecule has 7 heteroatoms. The summed E-state index contributed by atoms with van der Waals surface area (Å²) in [6.07, 6.45) is 1.92. The standard InChI is InChI=1S/C22H21N3O3S/c1-2-27-18-6-3-7-19-20(18)24-22(29-19)25(14-17-5-4-12-28-17)21(26)16-10-8-15(13-23)9-11-16/h3,6-11,17H,2,4-5,12,14H2,1H3. The lowest BCUT2D eigenvalue weighted by atomic mass is 10.1. The molecule has 1 saturated heterocycles. The average Bonchev–Trinajstić information content (AvgIpc) is 3.42. The van der Waals surface area contributed by atoms with Crippen molar-refractivity contribution >= 4 is 32.6 Å². The highest BCUT2D eigenvalue weighted by Crippen LogP contribution is 2.35. The van der Waals surface area contributed by atoms with E-state index < -0.39 is 0 Å². The van der Waals surface area contributed by atoms with E-state index in [-0.39, 0.29) is 12.0 Å². The minimum atomic E-state index is -0.151. The fraction of sp³-hybridized carbons (Fsp3) is 0.318. The molecule has 0 spiro atoms. The second kappa shape index (κ2) is 8.60. The molecule has 1 aliphatic heterocycles. The first-order chi connectivity index (χ1) is 14.2. The number of benzene rings is 2. The molecule has 1 atom stereocenters. The average molecular weight is 407 g/mol. The molecule has 148 valence electrons. The van der Waals surface area contributed by atoms with Gasteiger partial charge in [-0.3, -0.25) is 9.69 Å². The van der Waals surface area contributed by atoms with Crippen LogP contribution in [0.1, 0.15) is 35.7 Å². The van der Waals surface area contributed by atoms with E-state index in [2.05, 4.69) is 6.07 Å². The van der Waals surface area contributed by atoms with E-state index in [1.54, 1.807) is 29.2 Å². The normalized spacial score (nSPS) is 15.9. The number of aromatic nitrogens is 1. The zero-order valence-electron chi connectivity index (χ0n) is 16.1. The molecule has 1 aromatic heterocycles. The smallest absolute Gasteiger partial charge is 0.260 e. The summed E-state index contributed by atoms with van der Waals surface area (Å²) in [5.41, 5.74) is 1.80. The van der Waals surface area contributed by atoms with Gasteiger partial charge in [-0.15, -0.1) is 0 Å². The van der Waals surface area contributed by atoms with Gasteiger partial charge in [-0.1, -0.05) is 17.4 Å². The van der Waals surface area contributed by atoms with Crippen LogP contribution in [-0.4, -0.2) is 36.8 Å². The van der Waals surface area contributed by atoms with Gasteiger partial charge in [-0.05, 0) is 56.2 Å². The second-order valence-electron chi connectivity index (χ2n) is 6.77. The summed E-state index contributed by atoms with van der Waals surface area (Å²) >= 11 is 1.47. The molecule has 0 aliphatic carbocycles. The maximum atomic E-state index is 13.3. The maximum absolute atomic E-state index is 13.3. The molecule has 1 aliphatic rings. The predicted octanol–water partition coefficient (Wildman–Crippen LogP) is 4.39. The summed E-state index contributed by atoms with van der Waals surface area (Å²) in [5.74, 6) is 0.567. The van der Waals surface area contributed by atoms with Gasteiger partial charge in [-0.2, -0.15) is 5.26 Å². The van der Waals surface area contributed by atoms with E-state index in [1.807, 2.05) is 25.1 Å². The Kier molecular flexibility index (Phi) is 5.74. The van der Waals surface area contributed by atoms with Crippen LogP contribution in [-0.2, 0) is 4.74 Å². The third-order valence-corrected chi connectivity index (χ3v) is 5.86. The van der Waals surface area contributed by atoms with Gasteiger partial charge in [0.25, 0.3) is 5.91 Å². The van der Waals surface area contributed by atoms with Gasteiger partial charge in [-0.25, -0.2) is 4.98 Å². The number of nitrogens with zero attached hydrogens (tertiary/aromatic N) is 3. The second-order valence-corrected chi connectivity index (χ2v) is 7.78. The van der Waals surface area contributed by atoms with Gasteiger partial charge in [0.1, 0.15) is 11.3 Å². The molecule has 1 unspecified atom stereocenters. The largest absolute Gasteiger partial charge is 0.492 e. The highest BCUT2D eigenvalue weighted by molar-refractivity contribution is 7.22. The Bertz CT molecular complexity index is 1050. The quantitative estimate of drug-likeness (QED) is 0.606. The Morgan fingerprint density at radius 2 is 2.17 bits per heavy atom. The minimum absolute atomic E-state index is 0.00398. The summed E-state index contributed by atoms with van der Waals surface area (Å²) in [7, 11) is 0. The number of ether oxygens (including phenoxy) is 2. The van der Waals surface area contributed by atoms with Crippen molar-refractivity contribution < 1.29 is 14.3 Å². The summed E-state index contributed by atoms with van der Waals surface area (Å²) in [5, 5.41) is 9.63. The molecule has 1 amide bonds. The Morgan fingerprint density at radius 3 is 2.86 bits per heavy atom. The highest BCUT2D eigenvalue weighted by atomic mass is 32.1. The molecule has 2 aromatic carbocycles. The number of thiazole rings is 1. The number of hydrogen-bond acceptors (Lipinski definition) is 6. The number of nitriles is 1. The SMILES string of the molecule is CCOc1cccc2sc(N(CC3CCCO3)C(=O)c3ccc(C#N)cc3)nc12. The molecular formula is C22H21N3O3S. The Balaban J connectivity index is 1.71. The number of hydrogen-bond donors (Lipinski definition) is 0. The molecule has 1 fully saturated rings. The molecule has 4 rings (SSSR count). The Morgan fingerprint density at radius 1 is 1.34 bits per heavy atom. The first-order valence-corrected chi connectivity index (χ1v) is 10.5. The van der Waals surface area contributed by atoms with Crippen LogP contribution < -0.4 is 9.64 Å². The molecule has 0 bridgehead atoms. The molecular weight excluding hydrogens is 386 g/mol. The van der Waals surface area contributed by atoms with Crippen molar-refractivity contribution in [3.8, 4) is 11.8 Å². The summed E-state index contributed by atoms with van der Waals surface area (Å²) in [6.45, 7) is 3.65. The third-order valence-electron chi connectivity index (χ3n) is 4.82. The van der Waals surface area contributed by atoms with Crippen LogP contribution in [0.25, 0.3) is 10.2 Å². The zero-order chi connectivity index (χ0) is 20.2. The molecule has 3 aromatic rings. The van der Waals surface area contributed by atoms with Crippen LogP contribution >= 0.6 is 11.3 Å². The van der Waals surface area contributed by atoms with Crippen molar-refractivity contribution in [2.75, 3.05) is 24.7 Å². The lowest BCUT2D eigenvalue weighted by molar-refractivity contribution is 0.0917. The fourth-order valence-electron chi connectivity index (χ4n) is 3.38. The van der Waals surface area contributed by atoms with Gasteiger partial charge in [0, 0.05) is 12.2 Å². The predicted molar refractivity (Wildman–Crippen MR) is 113 cm³/mol. The topological polar surface area (TPSA) is 75.5 Å². The lowest BCUT2D eigenvalue weighted by Gasteiger charge is -2.23. The first kappa shape index (κ1) is 19.4. The first-order valence-electron chi connectivity index (χ1n) is 9.65. The minimum Gasteiger partial charge on any atom is -0.492 e. The van der Waals surface area contributed by atoms with Crippen LogP contribution in [0.15, 0.2) is 42.5 Å². The van der Waals surface area contributed by atoms with Crippen molar-refractivity contribution in [2.45, 2.75) is 25.9 Å². The summed E-state index contributed by atoms with van der Waals surface area (Å²) < 4.78 is 12.4. The van der Waals surface area contributed by atoms with E-state index in [9.17, 15) is 4.79 Å². The number of fused-ring (bicyclic) bond motifs is 1. The third kappa shape index (κ3) is 4.09. The molecule has 0 radical (unpaired) electrons. The van der Waals surface area contributed by atoms with Crippen LogP contribution in [0, 0.1) is 11.3 Å². The Labute approximate surface area is 173 Å². The summed E-state index contributed by atoms with van der Waals surface area (Å²) in [4.78, 5) is 19.8. The van der Waals surface area contributed by atoms with Crippen molar-refractivity contribution in [3.63, 3.8) is 0 Å². The number of carbonyl (C=O) groups excluding carboxylic acids is 1. The van der Waals surface area contributed by atoms with E-state index in [0.29, 0.717) is 29.4 Å². The maximum Gasteiger partial charge on any atom is 0.260 e. The number of rotatable bonds is 6. The van der Waals surface area contributed by atoms with Crippen LogP contribution in [0.4, 0.5) is 5.13 Å². The number of carbonyl (C=O) groups is 1. The fourth-order valence-corrected chi connectivity index (χ4v) is 4.37. The highest BCUT2D eigenvalue weighted by Gasteiger charge is 2.27. The lowest BCUT2D eigenvalue weighted by Crippen LogP contribution is -2.37. The molecule has 2 heterocycles. The van der Waals surface area contributed by atoms with Crippen LogP contribution in [0.2, 0.25) is 0 Å². The van der Waals surface area contributed by atoms with Gasteiger partial charge in [0.05, 0.1) is 35.6 Å². The van der Waals surface area contributed by atoms with E-state index in [4.69, 9.17) is 19.7 Å². The number of para-hydroxylation sites is 1. The van der Waals surface area contributed by atoms with E-state index in [0.717, 1.165) is 35.4 Å². The Hall–Kier alpha value is -2.95. The van der Waals surface area contributed by atoms with Gasteiger partial charge >= 0.3 is 0 Å². The zero-order valence-corrected chi connectivity index (χ0v) is 16.9. The van der Waals surface area contributed by atoms with Gasteiger partial charge in [0.15, 0.2) is 5.13 Å². The van der Waals surface area contributed by atoms with Gasteiger partial charge in [0.2, 0.25) is 0 Å². The number of anilines is 1. The van der Waals surface area contributed by atoms with Crippen molar-refractivity contribution in [3.05, 3.63) is 53.6 Å². The van der Waals surface area contributed by atoms with Gasteiger partial charge < -0.3 is 9.47 Å².